The SMILES string of the molecule is CC1(C)C(O)Oc2cc(S(=O)(=O)c3ccccc3)ccc2C1N1CCCC1=O.O. The van der Waals surface area contributed by atoms with Crippen LogP contribution in [0.3, 0.4) is 0 Å². The van der Waals surface area contributed by atoms with Gasteiger partial charge in [-0.2, -0.15) is 0 Å². The van der Waals surface area contributed by atoms with Gasteiger partial charge in [0, 0.05) is 18.5 Å². The van der Waals surface area contributed by atoms with Gasteiger partial charge < -0.3 is 20.2 Å². The molecule has 0 spiro atoms. The molecule has 0 saturated carbocycles. The highest BCUT2D eigenvalue weighted by Crippen LogP contribution is 2.50. The van der Waals surface area contributed by atoms with Crippen molar-refractivity contribution in [1.29, 1.82) is 0 Å². The van der Waals surface area contributed by atoms with Crippen molar-refractivity contribution in [2.75, 3.05) is 6.54 Å². The Morgan fingerprint density at radius 3 is 2.41 bits per heavy atom. The highest BCUT2D eigenvalue weighted by molar-refractivity contribution is 7.91. The first-order chi connectivity index (χ1) is 13.2. The summed E-state index contributed by atoms with van der Waals surface area (Å²) in [5, 5.41) is 10.6. The number of ether oxygens (including phenoxy) is 1. The van der Waals surface area contributed by atoms with Crippen LogP contribution in [0.5, 0.6) is 5.75 Å². The average molecular weight is 419 g/mol. The molecule has 2 aromatic carbocycles. The highest BCUT2D eigenvalue weighted by atomic mass is 32.2. The molecule has 8 heteroatoms. The lowest BCUT2D eigenvalue weighted by atomic mass is 9.76. The van der Waals surface area contributed by atoms with Crippen LogP contribution in [0.2, 0.25) is 0 Å². The van der Waals surface area contributed by atoms with E-state index >= 15 is 0 Å². The summed E-state index contributed by atoms with van der Waals surface area (Å²) < 4.78 is 31.6. The van der Waals surface area contributed by atoms with Crippen molar-refractivity contribution in [3.8, 4) is 5.75 Å². The first-order valence-electron chi connectivity index (χ1n) is 9.31. The fourth-order valence-corrected chi connectivity index (χ4v) is 5.36. The molecule has 2 aliphatic rings. The van der Waals surface area contributed by atoms with Crippen LogP contribution in [0.15, 0.2) is 58.3 Å². The van der Waals surface area contributed by atoms with Gasteiger partial charge in [0.25, 0.3) is 0 Å². The molecule has 156 valence electrons. The van der Waals surface area contributed by atoms with E-state index < -0.39 is 21.5 Å². The molecular weight excluding hydrogens is 394 g/mol. The van der Waals surface area contributed by atoms with Crippen molar-refractivity contribution in [2.45, 2.75) is 48.8 Å². The molecule has 2 unspecified atom stereocenters. The Kier molecular flexibility index (Phi) is 5.46. The molecule has 1 amide bonds. The Hall–Kier alpha value is -2.42. The maximum atomic E-state index is 12.9. The largest absolute Gasteiger partial charge is 0.464 e. The van der Waals surface area contributed by atoms with Crippen LogP contribution in [0.1, 0.15) is 38.3 Å². The zero-order valence-corrected chi connectivity index (χ0v) is 17.1. The number of likely N-dealkylation sites (tertiary alicyclic amines) is 1. The molecule has 4 rings (SSSR count). The quantitative estimate of drug-likeness (QED) is 0.818. The summed E-state index contributed by atoms with van der Waals surface area (Å²) in [6, 6.07) is 12.5. The van der Waals surface area contributed by atoms with E-state index in [1.165, 1.54) is 6.07 Å². The number of nitrogens with zero attached hydrogens (tertiary/aromatic N) is 1. The summed E-state index contributed by atoms with van der Waals surface area (Å²) in [5.74, 6) is 0.340. The molecule has 2 aromatic rings. The highest BCUT2D eigenvalue weighted by Gasteiger charge is 2.49. The number of rotatable bonds is 3. The molecule has 1 saturated heterocycles. The molecular formula is C21H25NO6S. The third-order valence-electron chi connectivity index (χ3n) is 5.64. The Morgan fingerprint density at radius 1 is 1.10 bits per heavy atom. The van der Waals surface area contributed by atoms with E-state index in [1.54, 1.807) is 47.4 Å². The second kappa shape index (κ2) is 7.44. The predicted octanol–water partition coefficient (Wildman–Crippen LogP) is 2.10. The van der Waals surface area contributed by atoms with Gasteiger partial charge >= 0.3 is 0 Å². The van der Waals surface area contributed by atoms with Crippen LogP contribution >= 0.6 is 0 Å². The lowest BCUT2D eigenvalue weighted by Gasteiger charge is -2.47. The number of amides is 1. The topological polar surface area (TPSA) is 115 Å². The lowest BCUT2D eigenvalue weighted by molar-refractivity contribution is -0.158. The Bertz CT molecular complexity index is 1020. The Labute approximate surface area is 170 Å². The van der Waals surface area contributed by atoms with Gasteiger partial charge in [-0.15, -0.1) is 0 Å². The van der Waals surface area contributed by atoms with Gasteiger partial charge in [-0.25, -0.2) is 8.42 Å². The molecule has 2 heterocycles. The Morgan fingerprint density at radius 2 is 1.79 bits per heavy atom. The average Bonchev–Trinajstić information content (AvgIpc) is 3.08. The summed E-state index contributed by atoms with van der Waals surface area (Å²) in [6.07, 6.45) is 0.102. The van der Waals surface area contributed by atoms with Crippen molar-refractivity contribution in [2.24, 2.45) is 5.41 Å². The predicted molar refractivity (Wildman–Crippen MR) is 106 cm³/mol. The number of carbonyl (C=O) groups is 1. The molecule has 2 aliphatic heterocycles. The molecule has 0 bridgehead atoms. The molecule has 7 nitrogen and oxygen atoms in total. The van der Waals surface area contributed by atoms with E-state index in [-0.39, 0.29) is 27.2 Å². The molecule has 1 fully saturated rings. The first-order valence-corrected chi connectivity index (χ1v) is 10.8. The second-order valence-corrected chi connectivity index (χ2v) is 9.85. The van der Waals surface area contributed by atoms with Gasteiger partial charge in [0.2, 0.25) is 22.0 Å². The van der Waals surface area contributed by atoms with Gasteiger partial charge in [0.15, 0.2) is 0 Å². The van der Waals surface area contributed by atoms with Gasteiger partial charge in [0.1, 0.15) is 5.75 Å². The fourth-order valence-electron chi connectivity index (χ4n) is 4.07. The maximum Gasteiger partial charge on any atom is 0.223 e. The maximum absolute atomic E-state index is 12.9. The van der Waals surface area contributed by atoms with Gasteiger partial charge in [-0.05, 0) is 30.7 Å². The number of aliphatic hydroxyl groups excluding tert-OH is 1. The molecule has 29 heavy (non-hydrogen) atoms. The van der Waals surface area contributed by atoms with E-state index in [0.717, 1.165) is 12.0 Å². The normalized spacial score (nSPS) is 23.1. The van der Waals surface area contributed by atoms with Crippen LogP contribution in [-0.4, -0.2) is 42.6 Å². The Balaban J connectivity index is 0.00000240. The zero-order chi connectivity index (χ0) is 20.1. The van der Waals surface area contributed by atoms with Crippen molar-refractivity contribution in [3.05, 3.63) is 54.1 Å². The van der Waals surface area contributed by atoms with Gasteiger partial charge in [0.05, 0.1) is 21.2 Å². The number of aliphatic hydroxyl groups is 1. The summed E-state index contributed by atoms with van der Waals surface area (Å²) >= 11 is 0. The summed E-state index contributed by atoms with van der Waals surface area (Å²) in [5.41, 5.74) is -0.00938. The molecule has 0 aromatic heterocycles. The summed E-state index contributed by atoms with van der Waals surface area (Å²) in [7, 11) is -3.71. The lowest BCUT2D eigenvalue weighted by Crippen LogP contribution is -2.50. The van der Waals surface area contributed by atoms with Crippen LogP contribution in [0.4, 0.5) is 0 Å². The van der Waals surface area contributed by atoms with Crippen molar-refractivity contribution >= 4 is 15.7 Å². The van der Waals surface area contributed by atoms with E-state index in [2.05, 4.69) is 0 Å². The molecule has 3 N–H and O–H groups in total. The van der Waals surface area contributed by atoms with Crippen molar-refractivity contribution < 1.29 is 28.5 Å². The summed E-state index contributed by atoms with van der Waals surface area (Å²) in [4.78, 5) is 14.5. The number of sulfone groups is 1. The number of fused-ring (bicyclic) bond motifs is 1. The van der Waals surface area contributed by atoms with Crippen molar-refractivity contribution in [3.63, 3.8) is 0 Å². The van der Waals surface area contributed by atoms with Gasteiger partial charge in [-0.1, -0.05) is 38.1 Å². The first kappa shape index (κ1) is 21.3. The number of hydrogen-bond donors (Lipinski definition) is 1. The fraction of sp³-hybridized carbons (Fsp3) is 0.381. The zero-order valence-electron chi connectivity index (χ0n) is 16.3. The number of benzene rings is 2. The molecule has 0 aliphatic carbocycles. The van der Waals surface area contributed by atoms with Crippen LogP contribution < -0.4 is 4.74 Å². The minimum Gasteiger partial charge on any atom is -0.464 e. The molecule has 2 atom stereocenters. The van der Waals surface area contributed by atoms with E-state index in [0.29, 0.717) is 18.7 Å². The van der Waals surface area contributed by atoms with Crippen LogP contribution in [-0.2, 0) is 14.6 Å². The van der Waals surface area contributed by atoms with E-state index in [1.807, 2.05) is 13.8 Å². The van der Waals surface area contributed by atoms with Crippen molar-refractivity contribution in [1.82, 2.24) is 4.90 Å². The monoisotopic (exact) mass is 419 g/mol. The molecule has 0 radical (unpaired) electrons. The number of hydrogen-bond acceptors (Lipinski definition) is 5. The third-order valence-corrected chi connectivity index (χ3v) is 7.41. The number of carbonyl (C=O) groups excluding carboxylic acids is 1. The smallest absolute Gasteiger partial charge is 0.223 e. The van der Waals surface area contributed by atoms with Crippen LogP contribution in [0.25, 0.3) is 0 Å². The minimum absolute atomic E-state index is 0. The summed E-state index contributed by atoms with van der Waals surface area (Å²) in [6.45, 7) is 4.32. The van der Waals surface area contributed by atoms with Crippen LogP contribution in [0, 0.1) is 5.41 Å². The van der Waals surface area contributed by atoms with E-state index in [4.69, 9.17) is 4.74 Å². The second-order valence-electron chi connectivity index (χ2n) is 7.90. The standard InChI is InChI=1S/C21H23NO5S.H2O/c1-21(2)19(22-12-6-9-18(22)23)16-11-10-15(13-17(16)27-20(21)24)28(25,26)14-7-4-3-5-8-14;/h3-5,7-8,10-11,13,19-20,24H,6,9,12H2,1-2H3;1H2. The third kappa shape index (κ3) is 3.41. The van der Waals surface area contributed by atoms with E-state index in [9.17, 15) is 18.3 Å². The van der Waals surface area contributed by atoms with Gasteiger partial charge in [-0.3, -0.25) is 4.79 Å². The minimum atomic E-state index is -3.71.